The Morgan fingerprint density at radius 1 is 1.45 bits per heavy atom. The van der Waals surface area contributed by atoms with Crippen molar-refractivity contribution in [2.24, 2.45) is 5.73 Å². The first-order valence-electron chi connectivity index (χ1n) is 4.02. The average Bonchev–Trinajstić information content (AvgIpc) is 2.05. The minimum absolute atomic E-state index is 0.998. The first-order valence-corrected chi connectivity index (χ1v) is 4.02. The largest absolute Gasteiger partial charge is 0.402 e. The predicted octanol–water partition coefficient (Wildman–Crippen LogP) is 2.52. The maximum absolute atomic E-state index is 5.64. The third-order valence-electron chi connectivity index (χ3n) is 2.12. The molecule has 0 spiro atoms. The standard InChI is InChI=1S/C10H15N/c1-3-8(2)9-4-6-10(11)7-5-9/h3-4,6H,5,7,11H2,1-2H3/b8-3+. The van der Waals surface area contributed by atoms with Crippen molar-refractivity contribution in [2.45, 2.75) is 26.7 Å². The molecular weight excluding hydrogens is 134 g/mol. The molecule has 0 fully saturated rings. The zero-order valence-electron chi connectivity index (χ0n) is 7.22. The predicted molar refractivity (Wildman–Crippen MR) is 49.0 cm³/mol. The maximum atomic E-state index is 5.64. The van der Waals surface area contributed by atoms with Gasteiger partial charge in [0.05, 0.1) is 0 Å². The van der Waals surface area contributed by atoms with Gasteiger partial charge in [-0.05, 0) is 38.3 Å². The van der Waals surface area contributed by atoms with Gasteiger partial charge >= 0.3 is 0 Å². The fourth-order valence-corrected chi connectivity index (χ4v) is 1.17. The zero-order valence-corrected chi connectivity index (χ0v) is 7.22. The Hall–Kier alpha value is -0.980. The van der Waals surface area contributed by atoms with E-state index in [-0.39, 0.29) is 0 Å². The molecule has 1 nitrogen and oxygen atoms in total. The molecule has 1 aliphatic carbocycles. The Labute approximate surface area is 68.3 Å². The van der Waals surface area contributed by atoms with Crippen molar-refractivity contribution in [3.05, 3.63) is 35.1 Å². The molecule has 0 aromatic heterocycles. The van der Waals surface area contributed by atoms with E-state index in [1.165, 1.54) is 11.1 Å². The van der Waals surface area contributed by atoms with Crippen LogP contribution >= 0.6 is 0 Å². The van der Waals surface area contributed by atoms with E-state index in [2.05, 4.69) is 26.0 Å². The summed E-state index contributed by atoms with van der Waals surface area (Å²) in [5, 5.41) is 0. The van der Waals surface area contributed by atoms with Crippen molar-refractivity contribution in [1.82, 2.24) is 0 Å². The quantitative estimate of drug-likeness (QED) is 0.609. The van der Waals surface area contributed by atoms with E-state index in [1.807, 2.05) is 6.08 Å². The van der Waals surface area contributed by atoms with Gasteiger partial charge in [0.2, 0.25) is 0 Å². The Morgan fingerprint density at radius 3 is 2.64 bits per heavy atom. The molecule has 0 unspecified atom stereocenters. The van der Waals surface area contributed by atoms with Gasteiger partial charge in [-0.25, -0.2) is 0 Å². The van der Waals surface area contributed by atoms with Gasteiger partial charge in [-0.2, -0.15) is 0 Å². The summed E-state index contributed by atoms with van der Waals surface area (Å²) in [4.78, 5) is 0. The van der Waals surface area contributed by atoms with Crippen LogP contribution in [0.5, 0.6) is 0 Å². The lowest BCUT2D eigenvalue weighted by molar-refractivity contribution is 0.898. The van der Waals surface area contributed by atoms with Crippen LogP contribution in [0, 0.1) is 0 Å². The number of hydrogen-bond acceptors (Lipinski definition) is 1. The van der Waals surface area contributed by atoms with Gasteiger partial charge in [-0.1, -0.05) is 17.7 Å². The molecule has 0 saturated carbocycles. The van der Waals surface area contributed by atoms with E-state index in [1.54, 1.807) is 0 Å². The van der Waals surface area contributed by atoms with Gasteiger partial charge in [-0.15, -0.1) is 0 Å². The van der Waals surface area contributed by atoms with E-state index >= 15 is 0 Å². The monoisotopic (exact) mass is 149 g/mol. The fraction of sp³-hybridized carbons (Fsp3) is 0.400. The molecule has 0 aromatic carbocycles. The first kappa shape index (κ1) is 8.12. The highest BCUT2D eigenvalue weighted by Crippen LogP contribution is 2.21. The van der Waals surface area contributed by atoms with Crippen molar-refractivity contribution < 1.29 is 0 Å². The molecular formula is C10H15N. The van der Waals surface area contributed by atoms with Crippen LogP contribution in [0.3, 0.4) is 0 Å². The van der Waals surface area contributed by atoms with Crippen LogP contribution < -0.4 is 5.73 Å². The summed E-state index contributed by atoms with van der Waals surface area (Å²) in [6, 6.07) is 0. The number of rotatable bonds is 1. The lowest BCUT2D eigenvalue weighted by Crippen LogP contribution is -2.01. The third-order valence-corrected chi connectivity index (χ3v) is 2.12. The molecule has 60 valence electrons. The van der Waals surface area contributed by atoms with Crippen LogP contribution in [0.1, 0.15) is 26.7 Å². The lowest BCUT2D eigenvalue weighted by Gasteiger charge is -2.11. The zero-order chi connectivity index (χ0) is 8.27. The molecule has 0 aromatic rings. The smallest absolute Gasteiger partial charge is 0.00838 e. The Bertz CT molecular complexity index is 231. The molecule has 11 heavy (non-hydrogen) atoms. The highest BCUT2D eigenvalue weighted by atomic mass is 14.6. The minimum atomic E-state index is 0.998. The van der Waals surface area contributed by atoms with Crippen molar-refractivity contribution in [3.63, 3.8) is 0 Å². The molecule has 0 heterocycles. The fourth-order valence-electron chi connectivity index (χ4n) is 1.17. The van der Waals surface area contributed by atoms with Crippen LogP contribution in [0.25, 0.3) is 0 Å². The van der Waals surface area contributed by atoms with Crippen LogP contribution in [0.15, 0.2) is 35.1 Å². The van der Waals surface area contributed by atoms with Gasteiger partial charge in [0.15, 0.2) is 0 Å². The molecule has 1 rings (SSSR count). The van der Waals surface area contributed by atoms with Crippen molar-refractivity contribution in [2.75, 3.05) is 0 Å². The minimum Gasteiger partial charge on any atom is -0.402 e. The summed E-state index contributed by atoms with van der Waals surface area (Å²) in [7, 11) is 0. The van der Waals surface area contributed by atoms with Crippen LogP contribution in [-0.2, 0) is 0 Å². The topological polar surface area (TPSA) is 26.0 Å². The number of nitrogens with two attached hydrogens (primary N) is 1. The summed E-state index contributed by atoms with van der Waals surface area (Å²) >= 11 is 0. The third kappa shape index (κ3) is 1.97. The number of hydrogen-bond donors (Lipinski definition) is 1. The molecule has 0 amide bonds. The summed E-state index contributed by atoms with van der Waals surface area (Å²) in [5.74, 6) is 0. The Kier molecular flexibility index (Phi) is 2.53. The highest BCUT2D eigenvalue weighted by molar-refractivity contribution is 5.35. The van der Waals surface area contributed by atoms with Crippen molar-refractivity contribution in [3.8, 4) is 0 Å². The van der Waals surface area contributed by atoms with Crippen molar-refractivity contribution >= 4 is 0 Å². The second-order valence-electron chi connectivity index (χ2n) is 2.91. The van der Waals surface area contributed by atoms with Crippen molar-refractivity contribution in [1.29, 1.82) is 0 Å². The highest BCUT2D eigenvalue weighted by Gasteiger charge is 2.03. The molecule has 0 aliphatic heterocycles. The van der Waals surface area contributed by atoms with E-state index in [0.29, 0.717) is 0 Å². The van der Waals surface area contributed by atoms with Gasteiger partial charge in [0, 0.05) is 5.70 Å². The molecule has 1 heteroatoms. The summed E-state index contributed by atoms with van der Waals surface area (Å²) in [6.45, 7) is 4.21. The summed E-state index contributed by atoms with van der Waals surface area (Å²) in [6.07, 6.45) is 8.37. The molecule has 1 aliphatic rings. The normalized spacial score (nSPS) is 19.3. The molecule has 2 N–H and O–H groups in total. The van der Waals surface area contributed by atoms with Crippen LogP contribution in [0.4, 0.5) is 0 Å². The second kappa shape index (κ2) is 3.42. The van der Waals surface area contributed by atoms with Gasteiger partial charge in [-0.3, -0.25) is 0 Å². The van der Waals surface area contributed by atoms with E-state index < -0.39 is 0 Å². The Balaban J connectivity index is 2.76. The van der Waals surface area contributed by atoms with E-state index in [0.717, 1.165) is 18.5 Å². The molecule has 0 atom stereocenters. The van der Waals surface area contributed by atoms with E-state index in [4.69, 9.17) is 5.73 Å². The van der Waals surface area contributed by atoms with Crippen LogP contribution in [0.2, 0.25) is 0 Å². The maximum Gasteiger partial charge on any atom is 0.00838 e. The Morgan fingerprint density at radius 2 is 2.18 bits per heavy atom. The molecule has 0 bridgehead atoms. The summed E-state index contributed by atoms with van der Waals surface area (Å²) in [5.41, 5.74) is 9.42. The van der Waals surface area contributed by atoms with E-state index in [9.17, 15) is 0 Å². The SMILES string of the molecule is C/C=C(\C)C1=CC=C(N)CC1. The molecule has 0 saturated heterocycles. The molecule has 0 radical (unpaired) electrons. The van der Waals surface area contributed by atoms with Gasteiger partial charge in [0.25, 0.3) is 0 Å². The lowest BCUT2D eigenvalue weighted by atomic mass is 9.97. The van der Waals surface area contributed by atoms with Gasteiger partial charge in [0.1, 0.15) is 0 Å². The average molecular weight is 149 g/mol. The van der Waals surface area contributed by atoms with Crippen LogP contribution in [-0.4, -0.2) is 0 Å². The first-order chi connectivity index (χ1) is 5.24. The second-order valence-corrected chi connectivity index (χ2v) is 2.91. The van der Waals surface area contributed by atoms with Gasteiger partial charge < -0.3 is 5.73 Å². The summed E-state index contributed by atoms with van der Waals surface area (Å²) < 4.78 is 0. The number of allylic oxidation sites excluding steroid dienone is 6.